The molecule has 0 spiro atoms. The second-order valence-electron chi connectivity index (χ2n) is 11.8. The molecule has 0 saturated carbocycles. The smallest absolute Gasteiger partial charge is 0.408 e. The fourth-order valence-corrected chi connectivity index (χ4v) is 5.56. The normalized spacial score (nSPS) is 15.8. The van der Waals surface area contributed by atoms with E-state index in [2.05, 4.69) is 5.32 Å². The van der Waals surface area contributed by atoms with Crippen molar-refractivity contribution in [3.05, 3.63) is 59.7 Å². The molecule has 2 N–H and O–H groups in total. The van der Waals surface area contributed by atoms with E-state index in [9.17, 15) is 24.3 Å². The minimum absolute atomic E-state index is 0.00304. The van der Waals surface area contributed by atoms with Crippen molar-refractivity contribution in [1.29, 1.82) is 0 Å². The van der Waals surface area contributed by atoms with Crippen LogP contribution in [-0.2, 0) is 23.9 Å². The van der Waals surface area contributed by atoms with Gasteiger partial charge in [0, 0.05) is 44.9 Å². The van der Waals surface area contributed by atoms with E-state index >= 15 is 0 Å². The van der Waals surface area contributed by atoms with Crippen molar-refractivity contribution in [1.82, 2.24) is 15.1 Å². The molecule has 1 atom stereocenters. The number of carbonyl (C=O) groups is 4. The first-order valence-electron chi connectivity index (χ1n) is 14.6. The van der Waals surface area contributed by atoms with Gasteiger partial charge in [0.2, 0.25) is 5.91 Å². The van der Waals surface area contributed by atoms with Crippen LogP contribution in [0.2, 0.25) is 0 Å². The molecule has 1 aliphatic heterocycles. The number of rotatable bonds is 11. The van der Waals surface area contributed by atoms with Crippen molar-refractivity contribution in [3.63, 3.8) is 0 Å². The van der Waals surface area contributed by atoms with Gasteiger partial charge < -0.3 is 19.5 Å². The first-order valence-corrected chi connectivity index (χ1v) is 14.6. The molecule has 42 heavy (non-hydrogen) atoms. The number of amides is 2. The quantitative estimate of drug-likeness (QED) is 0.297. The Bertz CT molecular complexity index is 1240. The Labute approximate surface area is 247 Å². The zero-order valence-electron chi connectivity index (χ0n) is 24.6. The lowest BCUT2D eigenvalue weighted by Gasteiger charge is -2.37. The number of fused-ring (bicyclic) bond motifs is 3. The third-order valence-electron chi connectivity index (χ3n) is 7.56. The SMILES string of the molecule is CC(C)(C)OC(=O)CCCCCC(=O)N1CCN(C(NC(=O)OCC2c3ccccc3-c3ccccc32)C(=O)O)CC1. The lowest BCUT2D eigenvalue weighted by Crippen LogP contribution is -2.59. The van der Waals surface area contributed by atoms with Crippen LogP contribution in [0.25, 0.3) is 11.1 Å². The number of hydrogen-bond acceptors (Lipinski definition) is 7. The van der Waals surface area contributed by atoms with E-state index < -0.39 is 23.8 Å². The summed E-state index contributed by atoms with van der Waals surface area (Å²) < 4.78 is 10.8. The lowest BCUT2D eigenvalue weighted by atomic mass is 9.98. The predicted octanol–water partition coefficient (Wildman–Crippen LogP) is 4.37. The lowest BCUT2D eigenvalue weighted by molar-refractivity contribution is -0.155. The van der Waals surface area contributed by atoms with Crippen LogP contribution in [-0.4, -0.2) is 83.4 Å². The number of carboxylic acid groups (broad SMARTS) is 1. The number of piperazine rings is 1. The van der Waals surface area contributed by atoms with Crippen LogP contribution in [0, 0.1) is 0 Å². The molecule has 0 bridgehead atoms. The highest BCUT2D eigenvalue weighted by molar-refractivity contribution is 5.81. The zero-order valence-corrected chi connectivity index (χ0v) is 24.6. The summed E-state index contributed by atoms with van der Waals surface area (Å²) >= 11 is 0. The number of benzene rings is 2. The topological polar surface area (TPSA) is 125 Å². The van der Waals surface area contributed by atoms with Gasteiger partial charge in [0.15, 0.2) is 6.17 Å². The molecule has 2 aromatic rings. The van der Waals surface area contributed by atoms with Gasteiger partial charge in [-0.25, -0.2) is 9.59 Å². The number of alkyl carbamates (subject to hydrolysis) is 1. The van der Waals surface area contributed by atoms with Crippen molar-refractivity contribution >= 4 is 23.9 Å². The fourth-order valence-electron chi connectivity index (χ4n) is 5.56. The van der Waals surface area contributed by atoms with Gasteiger partial charge in [-0.2, -0.15) is 0 Å². The van der Waals surface area contributed by atoms with Crippen LogP contribution < -0.4 is 5.32 Å². The average Bonchev–Trinajstić information content (AvgIpc) is 3.27. The van der Waals surface area contributed by atoms with Crippen LogP contribution in [0.5, 0.6) is 0 Å². The Morgan fingerprint density at radius 2 is 1.45 bits per heavy atom. The van der Waals surface area contributed by atoms with Gasteiger partial charge in [-0.05, 0) is 55.9 Å². The van der Waals surface area contributed by atoms with E-state index in [0.717, 1.165) is 28.7 Å². The molecule has 10 nitrogen and oxygen atoms in total. The number of carbonyl (C=O) groups excluding carboxylic acids is 3. The number of nitrogens with one attached hydrogen (secondary N) is 1. The van der Waals surface area contributed by atoms with Gasteiger partial charge >= 0.3 is 18.0 Å². The van der Waals surface area contributed by atoms with E-state index in [4.69, 9.17) is 9.47 Å². The Kier molecular flexibility index (Phi) is 10.2. The first-order chi connectivity index (χ1) is 20.0. The highest BCUT2D eigenvalue weighted by Crippen LogP contribution is 2.44. The van der Waals surface area contributed by atoms with Gasteiger partial charge in [0.25, 0.3) is 0 Å². The summed E-state index contributed by atoms with van der Waals surface area (Å²) in [4.78, 5) is 52.6. The van der Waals surface area contributed by atoms with E-state index in [-0.39, 0.29) is 24.4 Å². The second kappa shape index (κ2) is 13.8. The van der Waals surface area contributed by atoms with E-state index in [0.29, 0.717) is 51.9 Å². The Hall–Kier alpha value is -3.92. The fraction of sp³-hybridized carbons (Fsp3) is 0.500. The summed E-state index contributed by atoms with van der Waals surface area (Å²) in [6, 6.07) is 16.0. The number of aliphatic carboxylic acids is 1. The van der Waals surface area contributed by atoms with Gasteiger partial charge in [-0.15, -0.1) is 0 Å². The van der Waals surface area contributed by atoms with Crippen LogP contribution in [0.4, 0.5) is 4.79 Å². The van der Waals surface area contributed by atoms with Crippen molar-refractivity contribution < 1.29 is 33.8 Å². The average molecular weight is 580 g/mol. The number of ether oxygens (including phenoxy) is 2. The zero-order chi connectivity index (χ0) is 30.3. The molecule has 0 radical (unpaired) electrons. The van der Waals surface area contributed by atoms with E-state index in [1.165, 1.54) is 0 Å². The van der Waals surface area contributed by atoms with Gasteiger partial charge in [0.05, 0.1) is 0 Å². The predicted molar refractivity (Wildman–Crippen MR) is 157 cm³/mol. The third-order valence-corrected chi connectivity index (χ3v) is 7.56. The summed E-state index contributed by atoms with van der Waals surface area (Å²) in [5.74, 6) is -1.54. The number of unbranched alkanes of at least 4 members (excludes halogenated alkanes) is 2. The molecule has 2 aliphatic rings. The molecule has 4 rings (SSSR count). The highest BCUT2D eigenvalue weighted by atomic mass is 16.6. The molecule has 226 valence electrons. The molecule has 1 fully saturated rings. The Morgan fingerprint density at radius 1 is 0.881 bits per heavy atom. The summed E-state index contributed by atoms with van der Waals surface area (Å²) in [5, 5.41) is 12.3. The maximum Gasteiger partial charge on any atom is 0.408 e. The van der Waals surface area contributed by atoms with Crippen LogP contribution in [0.15, 0.2) is 48.5 Å². The molecule has 2 aromatic carbocycles. The minimum atomic E-state index is -1.26. The summed E-state index contributed by atoms with van der Waals surface area (Å²) in [5.41, 5.74) is 3.87. The third kappa shape index (κ3) is 8.09. The van der Waals surface area contributed by atoms with Gasteiger partial charge in [0.1, 0.15) is 12.2 Å². The molecule has 0 aromatic heterocycles. The summed E-state index contributed by atoms with van der Waals surface area (Å²) in [6.45, 7) is 6.94. The molecule has 1 unspecified atom stereocenters. The Balaban J connectivity index is 1.20. The minimum Gasteiger partial charge on any atom is -0.479 e. The number of hydrogen-bond donors (Lipinski definition) is 2. The summed E-state index contributed by atoms with van der Waals surface area (Å²) in [7, 11) is 0. The Morgan fingerprint density at radius 3 is 2.02 bits per heavy atom. The highest BCUT2D eigenvalue weighted by Gasteiger charge is 2.33. The van der Waals surface area contributed by atoms with E-state index in [1.807, 2.05) is 69.3 Å². The second-order valence-corrected chi connectivity index (χ2v) is 11.8. The van der Waals surface area contributed by atoms with Crippen molar-refractivity contribution in [2.24, 2.45) is 0 Å². The molecule has 1 aliphatic carbocycles. The van der Waals surface area contributed by atoms with Gasteiger partial charge in [-0.1, -0.05) is 55.0 Å². The number of esters is 1. The molecule has 1 heterocycles. The molecular formula is C32H41N3O7. The van der Waals surface area contributed by atoms with Crippen LogP contribution in [0.3, 0.4) is 0 Å². The maximum absolute atomic E-state index is 12.7. The van der Waals surface area contributed by atoms with E-state index in [1.54, 1.807) is 9.80 Å². The number of nitrogens with zero attached hydrogens (tertiary/aromatic N) is 2. The van der Waals surface area contributed by atoms with Crippen LogP contribution in [0.1, 0.15) is 69.9 Å². The number of carboxylic acids is 1. The van der Waals surface area contributed by atoms with Crippen LogP contribution >= 0.6 is 0 Å². The molecule has 2 amide bonds. The maximum atomic E-state index is 12.7. The van der Waals surface area contributed by atoms with Gasteiger partial charge in [-0.3, -0.25) is 19.8 Å². The molecular weight excluding hydrogens is 538 g/mol. The largest absolute Gasteiger partial charge is 0.479 e. The first kappa shape index (κ1) is 31.0. The summed E-state index contributed by atoms with van der Waals surface area (Å²) in [6.07, 6.45) is 0.725. The van der Waals surface area contributed by atoms with Crippen molar-refractivity contribution in [3.8, 4) is 11.1 Å². The standard InChI is InChI=1S/C32H41N3O7/c1-32(2,3)42-28(37)16-6-4-5-15-27(36)34-17-19-35(20-18-34)29(30(38)39)33-31(40)41-21-26-24-13-9-7-11-22(24)23-12-8-10-14-25(23)26/h7-14,26,29H,4-6,15-21H2,1-3H3,(H,33,40)(H,38,39). The molecule has 10 heteroatoms. The van der Waals surface area contributed by atoms with Crippen molar-refractivity contribution in [2.75, 3.05) is 32.8 Å². The monoisotopic (exact) mass is 579 g/mol. The van der Waals surface area contributed by atoms with Crippen molar-refractivity contribution in [2.45, 2.75) is 70.6 Å². The molecule has 1 saturated heterocycles.